The maximum Gasteiger partial charge on any atom is 0.413 e. The molecule has 0 aliphatic heterocycles. The van der Waals surface area contributed by atoms with Gasteiger partial charge in [-0.2, -0.15) is 26.3 Å². The molecule has 0 aromatic heterocycles. The fourth-order valence-corrected chi connectivity index (χ4v) is 5.72. The second-order valence-corrected chi connectivity index (χ2v) is 10.2. The molecular formula is C27H28F6N2. The third-order valence-corrected chi connectivity index (χ3v) is 7.22. The van der Waals surface area contributed by atoms with Crippen molar-refractivity contribution in [2.45, 2.75) is 26.2 Å². The van der Waals surface area contributed by atoms with Crippen LogP contribution in [0.5, 0.6) is 0 Å². The van der Waals surface area contributed by atoms with Crippen LogP contribution in [-0.4, -0.2) is 40.5 Å². The van der Waals surface area contributed by atoms with E-state index in [-0.39, 0.29) is 0 Å². The van der Waals surface area contributed by atoms with Crippen molar-refractivity contribution in [2.75, 3.05) is 38.0 Å². The Labute approximate surface area is 201 Å². The fraction of sp³-hybridized carbons (Fsp3) is 0.407. The molecule has 2 atom stereocenters. The molecule has 0 saturated carbocycles. The van der Waals surface area contributed by atoms with Crippen molar-refractivity contribution < 1.29 is 26.3 Å². The van der Waals surface area contributed by atoms with E-state index < -0.39 is 40.7 Å². The van der Waals surface area contributed by atoms with Crippen molar-refractivity contribution in [3.8, 4) is 0 Å². The Bertz CT molecular complexity index is 1090. The fourth-order valence-electron chi connectivity index (χ4n) is 5.72. The molecule has 0 fully saturated rings. The van der Waals surface area contributed by atoms with E-state index in [0.717, 1.165) is 11.4 Å². The maximum atomic E-state index is 14.3. The predicted octanol–water partition coefficient (Wildman–Crippen LogP) is 7.44. The number of allylic oxidation sites excluding steroid dienone is 4. The number of anilines is 2. The van der Waals surface area contributed by atoms with Crippen molar-refractivity contribution >= 4 is 22.5 Å². The van der Waals surface area contributed by atoms with Crippen molar-refractivity contribution in [3.05, 3.63) is 70.8 Å². The summed E-state index contributed by atoms with van der Waals surface area (Å²) in [6.45, 7) is 3.03. The monoisotopic (exact) mass is 494 g/mol. The van der Waals surface area contributed by atoms with Crippen LogP contribution in [0.4, 0.5) is 37.7 Å². The third kappa shape index (κ3) is 4.00. The molecule has 2 nitrogen and oxygen atoms in total. The lowest BCUT2D eigenvalue weighted by Crippen LogP contribution is -2.27. The topological polar surface area (TPSA) is 6.48 Å². The average Bonchev–Trinajstić information content (AvgIpc) is 3.13. The third-order valence-electron chi connectivity index (χ3n) is 7.22. The first-order valence-electron chi connectivity index (χ1n) is 11.2. The first-order chi connectivity index (χ1) is 16.1. The minimum atomic E-state index is -5.10. The molecule has 2 aromatic rings. The van der Waals surface area contributed by atoms with Crippen LogP contribution >= 0.6 is 0 Å². The van der Waals surface area contributed by atoms with Gasteiger partial charge in [0.05, 0.1) is 0 Å². The van der Waals surface area contributed by atoms with Crippen LogP contribution in [0.15, 0.2) is 59.7 Å². The minimum Gasteiger partial charge on any atom is -0.378 e. The molecular weight excluding hydrogens is 466 g/mol. The normalized spacial score (nSPS) is 21.7. The van der Waals surface area contributed by atoms with Gasteiger partial charge >= 0.3 is 12.4 Å². The molecule has 0 saturated heterocycles. The van der Waals surface area contributed by atoms with Crippen LogP contribution in [0.3, 0.4) is 0 Å². The zero-order chi connectivity index (χ0) is 26.1. The van der Waals surface area contributed by atoms with Crippen molar-refractivity contribution in [1.82, 2.24) is 0 Å². The lowest BCUT2D eigenvalue weighted by atomic mass is 9.74. The highest BCUT2D eigenvalue weighted by molar-refractivity contribution is 6.01. The van der Waals surface area contributed by atoms with E-state index in [1.807, 2.05) is 38.0 Å². The molecule has 4 rings (SSSR count). The summed E-state index contributed by atoms with van der Waals surface area (Å²) in [6, 6.07) is 13.9. The van der Waals surface area contributed by atoms with Crippen molar-refractivity contribution in [1.29, 1.82) is 0 Å². The Morgan fingerprint density at radius 3 is 1.09 bits per heavy atom. The summed E-state index contributed by atoms with van der Waals surface area (Å²) in [5.41, 5.74) is -0.878. The van der Waals surface area contributed by atoms with Gasteiger partial charge in [0, 0.05) is 62.5 Å². The Kier molecular flexibility index (Phi) is 5.81. The molecule has 35 heavy (non-hydrogen) atoms. The molecule has 188 valence electrons. The highest BCUT2D eigenvalue weighted by atomic mass is 19.4. The Morgan fingerprint density at radius 1 is 0.571 bits per heavy atom. The van der Waals surface area contributed by atoms with Gasteiger partial charge in [0.1, 0.15) is 0 Å². The van der Waals surface area contributed by atoms with Crippen molar-refractivity contribution in [2.24, 2.45) is 17.3 Å². The zero-order valence-corrected chi connectivity index (χ0v) is 20.4. The van der Waals surface area contributed by atoms with Gasteiger partial charge in [-0.1, -0.05) is 38.1 Å². The second kappa shape index (κ2) is 8.07. The van der Waals surface area contributed by atoms with E-state index in [1.54, 1.807) is 48.5 Å². The van der Waals surface area contributed by atoms with Gasteiger partial charge < -0.3 is 9.80 Å². The molecule has 0 spiro atoms. The van der Waals surface area contributed by atoms with E-state index in [2.05, 4.69) is 0 Å². The predicted molar refractivity (Wildman–Crippen MR) is 128 cm³/mol. The number of rotatable bonds is 4. The number of hydrogen-bond donors (Lipinski definition) is 0. The maximum absolute atomic E-state index is 14.3. The molecule has 2 aliphatic rings. The lowest BCUT2D eigenvalue weighted by molar-refractivity contribution is -0.117. The smallest absolute Gasteiger partial charge is 0.378 e. The summed E-state index contributed by atoms with van der Waals surface area (Å²) in [5.74, 6) is -2.87. The summed E-state index contributed by atoms with van der Waals surface area (Å²) < 4.78 is 85.7. The first-order valence-corrected chi connectivity index (χ1v) is 11.2. The Hall–Kier alpha value is -2.90. The lowest BCUT2D eigenvalue weighted by Gasteiger charge is -2.29. The SMILES string of the molecule is CN(C)c1ccc(C2=C(c3ccc(N(C)C)cc3)C3C(C(F)(F)F)=C(C(F)(F)F)C2C3(C)C)cc1. The van der Waals surface area contributed by atoms with E-state index >= 15 is 0 Å². The quantitative estimate of drug-likeness (QED) is 0.322. The molecule has 2 aliphatic carbocycles. The average molecular weight is 495 g/mol. The number of benzene rings is 2. The van der Waals surface area contributed by atoms with Crippen LogP contribution in [0, 0.1) is 17.3 Å². The highest BCUT2D eigenvalue weighted by Gasteiger charge is 2.67. The van der Waals surface area contributed by atoms with Gasteiger partial charge in [0.15, 0.2) is 0 Å². The van der Waals surface area contributed by atoms with Gasteiger partial charge in [0.2, 0.25) is 0 Å². The molecule has 0 heterocycles. The highest BCUT2D eigenvalue weighted by Crippen LogP contribution is 2.71. The van der Waals surface area contributed by atoms with Crippen LogP contribution in [0.2, 0.25) is 0 Å². The van der Waals surface area contributed by atoms with Crippen LogP contribution in [0.25, 0.3) is 11.1 Å². The first kappa shape index (κ1) is 25.2. The molecule has 0 radical (unpaired) electrons. The number of halogens is 6. The molecule has 8 heteroatoms. The number of fused-ring (bicyclic) bond motifs is 2. The summed E-state index contributed by atoms with van der Waals surface area (Å²) in [4.78, 5) is 3.71. The number of hydrogen-bond acceptors (Lipinski definition) is 2. The van der Waals surface area contributed by atoms with E-state index in [1.165, 1.54) is 13.8 Å². The van der Waals surface area contributed by atoms with Crippen molar-refractivity contribution in [3.63, 3.8) is 0 Å². The number of alkyl halides is 6. The standard InChI is InChI=1S/C27H28F6N2/c1-25(2)21-19(15-7-11-17(12-8-15)34(3)4)20(16-9-13-18(14-10-16)35(5)6)22(25)24(27(31,32)33)23(21)26(28,29)30/h7-14,21-22H,1-6H3. The minimum absolute atomic E-state index is 0.322. The molecule has 0 amide bonds. The Balaban J connectivity index is 2.02. The van der Waals surface area contributed by atoms with E-state index in [9.17, 15) is 26.3 Å². The van der Waals surface area contributed by atoms with Crippen LogP contribution in [-0.2, 0) is 0 Å². The van der Waals surface area contributed by atoms with E-state index in [0.29, 0.717) is 22.3 Å². The summed E-state index contributed by atoms with van der Waals surface area (Å²) in [5, 5.41) is 0. The Morgan fingerprint density at radius 2 is 0.857 bits per heavy atom. The van der Waals surface area contributed by atoms with Gasteiger partial charge in [-0.15, -0.1) is 0 Å². The summed E-state index contributed by atoms with van der Waals surface area (Å²) >= 11 is 0. The van der Waals surface area contributed by atoms with Gasteiger partial charge in [-0.25, -0.2) is 0 Å². The zero-order valence-electron chi connectivity index (χ0n) is 20.4. The molecule has 2 aromatic carbocycles. The molecule has 2 unspecified atom stereocenters. The molecule has 2 bridgehead atoms. The van der Waals surface area contributed by atoms with Gasteiger partial charge in [0.25, 0.3) is 0 Å². The van der Waals surface area contributed by atoms with Crippen LogP contribution in [0.1, 0.15) is 25.0 Å². The summed E-state index contributed by atoms with van der Waals surface area (Å²) in [6.07, 6.45) is -10.2. The second-order valence-electron chi connectivity index (χ2n) is 10.2. The van der Waals surface area contributed by atoms with Crippen LogP contribution < -0.4 is 9.80 Å². The number of nitrogens with zero attached hydrogens (tertiary/aromatic N) is 2. The van der Waals surface area contributed by atoms with E-state index in [4.69, 9.17) is 0 Å². The van der Waals surface area contributed by atoms with Gasteiger partial charge in [-0.3, -0.25) is 0 Å². The summed E-state index contributed by atoms with van der Waals surface area (Å²) in [7, 11) is 7.36. The van der Waals surface area contributed by atoms with Gasteiger partial charge in [-0.05, 0) is 52.0 Å². The largest absolute Gasteiger partial charge is 0.413 e. The molecule has 0 N–H and O–H groups in total.